The third kappa shape index (κ3) is 9.13. The summed E-state index contributed by atoms with van der Waals surface area (Å²) in [7, 11) is 0. The van der Waals surface area contributed by atoms with E-state index in [1.807, 2.05) is 91.9 Å². The quantitative estimate of drug-likeness (QED) is 0.142. The molecule has 0 aliphatic heterocycles. The maximum absolute atomic E-state index is 5.89. The molecular weight excluding hydrogens is 887 g/mol. The van der Waals surface area contributed by atoms with Crippen LogP contribution in [0.2, 0.25) is 0 Å². The Bertz CT molecular complexity index is 3410. The smallest absolute Gasteiger partial charge is 0.649 e. The van der Waals surface area contributed by atoms with Gasteiger partial charge in [-0.05, 0) is 110 Å². The van der Waals surface area contributed by atoms with E-state index >= 15 is 0 Å². The van der Waals surface area contributed by atoms with Crippen LogP contribution in [-0.2, 0) is 0 Å². The molecule has 5 nitrogen and oxygen atoms in total. The largest absolute Gasteiger partial charge is 0.881 e. The number of benzene rings is 9. The van der Waals surface area contributed by atoms with Crippen molar-refractivity contribution in [1.82, 2.24) is 9.97 Å². The monoisotopic (exact) mass is 932 g/mol. The fourth-order valence-corrected chi connectivity index (χ4v) is 10.8. The van der Waals surface area contributed by atoms with E-state index in [-0.39, 0.29) is 11.8 Å². The minimum atomic E-state index is -0.665. The average Bonchev–Trinajstić information content (AvgIpc) is 3.95. The van der Waals surface area contributed by atoms with Crippen LogP contribution >= 0.6 is 0 Å². The fraction of sp³-hybridized carbons (Fsp3) is 0.0476. The second-order valence-corrected chi connectivity index (χ2v) is 18.3. The summed E-state index contributed by atoms with van der Waals surface area (Å²) in [5.74, 6) is 2.99. The molecule has 2 radical (unpaired) electrons. The molecule has 11 aromatic rings. The van der Waals surface area contributed by atoms with Crippen molar-refractivity contribution in [3.8, 4) is 50.6 Å². The van der Waals surface area contributed by atoms with Crippen LogP contribution in [0.3, 0.4) is 0 Å². The van der Waals surface area contributed by atoms with E-state index in [1.165, 1.54) is 83.4 Å². The molecule has 0 spiro atoms. The maximum atomic E-state index is 5.89. The second-order valence-electron chi connectivity index (χ2n) is 17.4. The minimum Gasteiger partial charge on any atom is -0.649 e. The normalized spacial score (nSPS) is 12.0. The molecule has 70 heavy (non-hydrogen) atoms. The predicted molar refractivity (Wildman–Crippen MR) is 287 cm³/mol. The van der Waals surface area contributed by atoms with E-state index in [9.17, 15) is 0 Å². The Kier molecular flexibility index (Phi) is 13.1. The topological polar surface area (TPSA) is 53.5 Å². The molecule has 7 heteroatoms. The number of hydrogen-bond donors (Lipinski definition) is 0. The number of aromatic nitrogens is 2. The van der Waals surface area contributed by atoms with Crippen molar-refractivity contribution < 1.29 is 11.4 Å². The molecule has 2 heterocycles. The lowest BCUT2D eigenvalue weighted by Crippen LogP contribution is -2.11. The molecule has 2 aliphatic rings. The van der Waals surface area contributed by atoms with Gasteiger partial charge in [0.05, 0.1) is 5.75 Å². The van der Waals surface area contributed by atoms with E-state index < -0.39 is 15.9 Å². The number of fused-ring (bicyclic) bond motifs is 8. The Labute approximate surface area is 424 Å². The summed E-state index contributed by atoms with van der Waals surface area (Å²) in [6, 6.07) is 83.1. The number of hydrogen-bond acceptors (Lipinski definition) is 5. The zero-order valence-corrected chi connectivity index (χ0v) is 41.2. The third-order valence-electron chi connectivity index (χ3n) is 13.1. The molecule has 13 rings (SSSR count). The van der Waals surface area contributed by atoms with Crippen LogP contribution in [0, 0.1) is 6.92 Å². The van der Waals surface area contributed by atoms with Gasteiger partial charge in [-0.1, -0.05) is 200 Å². The predicted octanol–water partition coefficient (Wildman–Crippen LogP) is 14.6. The molecule has 0 saturated heterocycles. The van der Waals surface area contributed by atoms with Gasteiger partial charge in [-0.2, -0.15) is 0 Å². The molecule has 0 saturated carbocycles. The zero-order chi connectivity index (χ0) is 47.2. The SMILES string of the molecule is Cc1ccc2cccc([O][Al][O]c3ccc(-c4ccccc4)cc3)c2n1.[AlH][O]c1cccc2cccnc12.c1cc(C2c3ccccc3-c3ccccc32)cc(C2c3ccccc3-c3ccccc32)c1. The number of aryl methyl sites for hydroxylation is 1. The summed E-state index contributed by atoms with van der Waals surface area (Å²) >= 11 is 0.801. The Hall–Kier alpha value is -7.74. The third-order valence-corrected chi connectivity index (χ3v) is 14.2. The molecule has 0 bridgehead atoms. The molecule has 0 atom stereocenters. The lowest BCUT2D eigenvalue weighted by Gasteiger charge is -2.19. The molecule has 2 aromatic heterocycles. The van der Waals surface area contributed by atoms with E-state index in [4.69, 9.17) is 11.4 Å². The van der Waals surface area contributed by atoms with Crippen molar-refractivity contribution in [2.75, 3.05) is 0 Å². The van der Waals surface area contributed by atoms with Gasteiger partial charge in [-0.3, -0.25) is 4.98 Å². The maximum Gasteiger partial charge on any atom is 0.881 e. The van der Waals surface area contributed by atoms with Crippen LogP contribution in [0.15, 0.2) is 243 Å². The summed E-state index contributed by atoms with van der Waals surface area (Å²) in [5.41, 5.74) is 19.0. The molecule has 0 unspecified atom stereocenters. The standard InChI is InChI=1S/C32H22.C12H10O.C10H9NO.C9H7NO.2Al.H/c1-5-16-27-23(12-1)24-13-2-6-17-28(24)31(27)21-10-9-11-22(20-21)32-29-18-7-3-14-25(29)26-15-4-8-19-30(26)32;13-12-8-6-11(7-9-12)10-4-2-1-3-5-10;1-7-5-6-8-3-2-4-9(12)10(8)11-7;11-8-5-1-3-7-4-2-6-10-9(7)8;;;/h1-20,31-32H;1-9,13H;2-6,12H,1H3;1-6,11H;;;/q;;;;+1;+2;/p-3. The zero-order valence-electron chi connectivity index (χ0n) is 38.7. The van der Waals surface area contributed by atoms with Crippen LogP contribution in [0.4, 0.5) is 0 Å². The molecule has 0 amide bonds. The minimum absolute atomic E-state index is 0.286. The van der Waals surface area contributed by atoms with Crippen LogP contribution in [-0.4, -0.2) is 42.5 Å². The van der Waals surface area contributed by atoms with Crippen molar-refractivity contribution in [2.45, 2.75) is 18.8 Å². The Morgan fingerprint density at radius 3 is 1.47 bits per heavy atom. The summed E-state index contributed by atoms with van der Waals surface area (Å²) in [6.07, 6.45) is 1.77. The van der Waals surface area contributed by atoms with E-state index in [0.29, 0.717) is 0 Å². The summed E-state index contributed by atoms with van der Waals surface area (Å²) < 4.78 is 16.9. The van der Waals surface area contributed by atoms with E-state index in [0.717, 1.165) is 44.7 Å². The van der Waals surface area contributed by atoms with Crippen LogP contribution in [0.1, 0.15) is 50.9 Å². The molecule has 2 aliphatic carbocycles. The number of nitrogens with zero attached hydrogens (tertiary/aromatic N) is 2. The highest BCUT2D eigenvalue weighted by molar-refractivity contribution is 6.21. The second kappa shape index (κ2) is 20.5. The van der Waals surface area contributed by atoms with Crippen molar-refractivity contribution in [1.29, 1.82) is 0 Å². The van der Waals surface area contributed by atoms with Gasteiger partial charge in [0, 0.05) is 34.5 Å². The summed E-state index contributed by atoms with van der Waals surface area (Å²) in [5, 5.41) is 2.18. The highest BCUT2D eigenvalue weighted by Crippen LogP contribution is 2.51. The molecular formula is C63H46Al2N2O3. The van der Waals surface area contributed by atoms with Crippen LogP contribution in [0.25, 0.3) is 55.2 Å². The molecule has 332 valence electrons. The lowest BCUT2D eigenvalue weighted by molar-refractivity contribution is 0.461. The number of rotatable bonds is 8. The first-order valence-electron chi connectivity index (χ1n) is 23.5. The van der Waals surface area contributed by atoms with Gasteiger partial charge in [0.15, 0.2) is 0 Å². The first-order chi connectivity index (χ1) is 34.6. The van der Waals surface area contributed by atoms with Gasteiger partial charge in [-0.25, -0.2) is 4.98 Å². The first kappa shape index (κ1) is 44.8. The summed E-state index contributed by atoms with van der Waals surface area (Å²) in [4.78, 5) is 8.81. The lowest BCUT2D eigenvalue weighted by atomic mass is 9.84. The van der Waals surface area contributed by atoms with Gasteiger partial charge >= 0.3 is 32.5 Å². The van der Waals surface area contributed by atoms with Crippen LogP contribution in [0.5, 0.6) is 17.2 Å². The van der Waals surface area contributed by atoms with Crippen molar-refractivity contribution in [3.05, 3.63) is 282 Å². The first-order valence-corrected chi connectivity index (χ1v) is 25.0. The number of para-hydroxylation sites is 2. The van der Waals surface area contributed by atoms with E-state index in [1.54, 1.807) is 6.20 Å². The highest BCUT2D eigenvalue weighted by Gasteiger charge is 2.32. The Balaban J connectivity index is 0.000000126. The Morgan fingerprint density at radius 1 is 0.414 bits per heavy atom. The summed E-state index contributed by atoms with van der Waals surface area (Å²) in [6.45, 7) is 1.98. The Morgan fingerprint density at radius 2 is 0.900 bits per heavy atom. The fourth-order valence-electron chi connectivity index (χ4n) is 9.94. The molecule has 0 N–H and O–H groups in total. The van der Waals surface area contributed by atoms with Crippen molar-refractivity contribution >= 4 is 54.3 Å². The van der Waals surface area contributed by atoms with Crippen molar-refractivity contribution in [2.24, 2.45) is 0 Å². The van der Waals surface area contributed by atoms with Gasteiger partial charge in [0.1, 0.15) is 22.5 Å². The van der Waals surface area contributed by atoms with Gasteiger partial charge in [0.2, 0.25) is 0 Å². The van der Waals surface area contributed by atoms with E-state index in [2.05, 4.69) is 162 Å². The highest BCUT2D eigenvalue weighted by atomic mass is 27.2. The molecule has 9 aromatic carbocycles. The van der Waals surface area contributed by atoms with Gasteiger partial charge in [0.25, 0.3) is 0 Å². The van der Waals surface area contributed by atoms with Crippen molar-refractivity contribution in [3.63, 3.8) is 0 Å². The average molecular weight is 933 g/mol. The van der Waals surface area contributed by atoms with Crippen LogP contribution < -0.4 is 11.4 Å². The van der Waals surface area contributed by atoms with Gasteiger partial charge in [-0.15, -0.1) is 0 Å². The van der Waals surface area contributed by atoms with Gasteiger partial charge < -0.3 is 11.4 Å². The molecule has 0 fully saturated rings. The number of pyridine rings is 2.